The summed E-state index contributed by atoms with van der Waals surface area (Å²) in [6.45, 7) is 0. The first-order valence-corrected chi connectivity index (χ1v) is 8.32. The Hall–Kier alpha value is -3.55. The van der Waals surface area contributed by atoms with Gasteiger partial charge in [-0.1, -0.05) is 12.2 Å². The zero-order chi connectivity index (χ0) is 19.1. The van der Waals surface area contributed by atoms with Crippen molar-refractivity contribution in [2.45, 2.75) is 18.9 Å². The summed E-state index contributed by atoms with van der Waals surface area (Å²) in [7, 11) is 0. The zero-order valence-electron chi connectivity index (χ0n) is 14.0. The normalized spacial score (nSPS) is 21.6. The van der Waals surface area contributed by atoms with Crippen molar-refractivity contribution in [2.75, 3.05) is 4.90 Å². The number of carbonyl (C=O) groups excluding carboxylic acids is 4. The highest BCUT2D eigenvalue weighted by Gasteiger charge is 2.46. The van der Waals surface area contributed by atoms with Gasteiger partial charge in [0, 0.05) is 18.8 Å². The number of anilines is 1. The van der Waals surface area contributed by atoms with Crippen molar-refractivity contribution < 1.29 is 23.6 Å². The number of hydrogen-bond acceptors (Lipinski definition) is 5. The number of imide groups is 2. The SMILES string of the molecule is O=C1CC[C@@H](N2C(=O)c3cc(F)cc(N4C=CC=CC=C4)c3C2=O)C(=O)N1. The van der Waals surface area contributed by atoms with Gasteiger partial charge >= 0.3 is 0 Å². The van der Waals surface area contributed by atoms with E-state index in [0.717, 1.165) is 17.0 Å². The monoisotopic (exact) mass is 367 g/mol. The molecule has 1 fully saturated rings. The van der Waals surface area contributed by atoms with Gasteiger partial charge in [0.15, 0.2) is 0 Å². The third-order valence-electron chi connectivity index (χ3n) is 4.59. The second kappa shape index (κ2) is 6.31. The number of amides is 4. The molecule has 4 rings (SSSR count). The Balaban J connectivity index is 1.78. The summed E-state index contributed by atoms with van der Waals surface area (Å²) >= 11 is 0. The lowest BCUT2D eigenvalue weighted by Gasteiger charge is -2.28. The minimum atomic E-state index is -1.09. The minimum Gasteiger partial charge on any atom is -0.323 e. The standard InChI is InChI=1S/C19H14FN3O4/c20-11-9-12-16(14(10-11)22-7-3-1-2-4-8-22)19(27)23(18(12)26)13-5-6-15(24)21-17(13)25/h1-4,7-10,13H,5-6H2,(H,21,24,25)/t13-/m1/s1. The van der Waals surface area contributed by atoms with Gasteiger partial charge in [-0.2, -0.15) is 0 Å². The van der Waals surface area contributed by atoms with Crippen LogP contribution in [-0.2, 0) is 9.59 Å². The van der Waals surface area contributed by atoms with E-state index in [0.29, 0.717) is 0 Å². The highest BCUT2D eigenvalue weighted by atomic mass is 19.1. The number of nitrogens with one attached hydrogen (secondary N) is 1. The number of nitrogens with zero attached hydrogens (tertiary/aromatic N) is 2. The van der Waals surface area contributed by atoms with Crippen LogP contribution < -0.4 is 10.2 Å². The molecule has 0 aromatic heterocycles. The summed E-state index contributed by atoms with van der Waals surface area (Å²) in [6, 6.07) is 1.06. The Morgan fingerprint density at radius 2 is 1.67 bits per heavy atom. The van der Waals surface area contributed by atoms with Crippen LogP contribution in [0, 0.1) is 5.82 Å². The van der Waals surface area contributed by atoms with E-state index in [-0.39, 0.29) is 29.7 Å². The molecule has 0 bridgehead atoms. The molecule has 4 amide bonds. The van der Waals surface area contributed by atoms with Crippen molar-refractivity contribution in [3.8, 4) is 0 Å². The molecule has 8 heteroatoms. The van der Waals surface area contributed by atoms with E-state index in [2.05, 4.69) is 5.32 Å². The van der Waals surface area contributed by atoms with Gasteiger partial charge < -0.3 is 4.90 Å². The molecule has 0 aliphatic carbocycles. The molecule has 1 N–H and O–H groups in total. The molecule has 0 saturated carbocycles. The Kier molecular flexibility index (Phi) is 3.95. The maximum absolute atomic E-state index is 14.2. The van der Waals surface area contributed by atoms with Crippen molar-refractivity contribution in [1.29, 1.82) is 0 Å². The molecule has 3 aliphatic rings. The lowest BCUT2D eigenvalue weighted by molar-refractivity contribution is -0.136. The maximum atomic E-state index is 14.2. The van der Waals surface area contributed by atoms with Crippen LogP contribution in [0.25, 0.3) is 0 Å². The fourth-order valence-corrected chi connectivity index (χ4v) is 3.37. The van der Waals surface area contributed by atoms with Crippen LogP contribution in [0.3, 0.4) is 0 Å². The third-order valence-corrected chi connectivity index (χ3v) is 4.59. The van der Waals surface area contributed by atoms with Crippen molar-refractivity contribution >= 4 is 29.3 Å². The van der Waals surface area contributed by atoms with Crippen molar-refractivity contribution in [3.63, 3.8) is 0 Å². The van der Waals surface area contributed by atoms with Crippen LogP contribution in [0.2, 0.25) is 0 Å². The fraction of sp³-hybridized carbons (Fsp3) is 0.158. The van der Waals surface area contributed by atoms with Gasteiger partial charge in [0.25, 0.3) is 11.8 Å². The van der Waals surface area contributed by atoms with E-state index in [4.69, 9.17) is 0 Å². The molecule has 27 heavy (non-hydrogen) atoms. The number of hydrogen-bond donors (Lipinski definition) is 1. The lowest BCUT2D eigenvalue weighted by Crippen LogP contribution is -2.54. The molecule has 1 aromatic rings. The molecule has 136 valence electrons. The second-order valence-corrected chi connectivity index (χ2v) is 6.27. The average molecular weight is 367 g/mol. The summed E-state index contributed by atoms with van der Waals surface area (Å²) < 4.78 is 14.2. The Bertz CT molecular complexity index is 963. The van der Waals surface area contributed by atoms with Gasteiger partial charge in [-0.05, 0) is 30.7 Å². The lowest BCUT2D eigenvalue weighted by atomic mass is 10.0. The smallest absolute Gasteiger partial charge is 0.264 e. The summed E-state index contributed by atoms with van der Waals surface area (Å²) in [5.74, 6) is -3.26. The van der Waals surface area contributed by atoms with Gasteiger partial charge in [0.1, 0.15) is 11.9 Å². The minimum absolute atomic E-state index is 0.0221. The topological polar surface area (TPSA) is 86.8 Å². The molecule has 3 aliphatic heterocycles. The largest absolute Gasteiger partial charge is 0.323 e. The molecule has 1 atom stereocenters. The summed E-state index contributed by atoms with van der Waals surface area (Å²) in [5, 5.41) is 2.13. The van der Waals surface area contributed by atoms with E-state index in [9.17, 15) is 23.6 Å². The number of rotatable bonds is 2. The van der Waals surface area contributed by atoms with E-state index in [1.165, 1.54) is 4.90 Å². The molecule has 1 aromatic carbocycles. The van der Waals surface area contributed by atoms with Gasteiger partial charge in [0.2, 0.25) is 11.8 Å². The first-order valence-electron chi connectivity index (χ1n) is 8.32. The van der Waals surface area contributed by atoms with E-state index >= 15 is 0 Å². The van der Waals surface area contributed by atoms with Gasteiger partial charge in [-0.3, -0.25) is 29.4 Å². The Morgan fingerprint density at radius 1 is 0.963 bits per heavy atom. The molecule has 3 heterocycles. The predicted octanol–water partition coefficient (Wildman–Crippen LogP) is 1.63. The highest BCUT2D eigenvalue weighted by molar-refractivity contribution is 6.25. The summed E-state index contributed by atoms with van der Waals surface area (Å²) in [6.07, 6.45) is 10.3. The summed E-state index contributed by atoms with van der Waals surface area (Å²) in [5.41, 5.74) is 0.135. The molecule has 0 radical (unpaired) electrons. The zero-order valence-corrected chi connectivity index (χ0v) is 14.0. The molecule has 0 unspecified atom stereocenters. The predicted molar refractivity (Wildman–Crippen MR) is 93.0 cm³/mol. The second-order valence-electron chi connectivity index (χ2n) is 6.27. The van der Waals surface area contributed by atoms with Crippen LogP contribution in [0.15, 0.2) is 48.8 Å². The average Bonchev–Trinajstić information content (AvgIpc) is 2.83. The number of halogens is 1. The molecule has 0 spiro atoms. The van der Waals surface area contributed by atoms with Gasteiger partial charge in [0.05, 0.1) is 16.8 Å². The number of allylic oxidation sites excluding steroid dienone is 4. The van der Waals surface area contributed by atoms with Crippen molar-refractivity contribution in [2.24, 2.45) is 0 Å². The third kappa shape index (κ3) is 2.75. The van der Waals surface area contributed by atoms with Crippen LogP contribution in [-0.4, -0.2) is 34.6 Å². The quantitative estimate of drug-likeness (QED) is 0.803. The Morgan fingerprint density at radius 3 is 2.33 bits per heavy atom. The first kappa shape index (κ1) is 16.9. The van der Waals surface area contributed by atoms with Gasteiger partial charge in [-0.15, -0.1) is 0 Å². The van der Waals surface area contributed by atoms with Gasteiger partial charge in [-0.25, -0.2) is 4.39 Å². The molecule has 7 nitrogen and oxygen atoms in total. The van der Waals surface area contributed by atoms with E-state index in [1.54, 1.807) is 36.7 Å². The number of carbonyl (C=O) groups is 4. The number of fused-ring (bicyclic) bond motifs is 1. The fourth-order valence-electron chi connectivity index (χ4n) is 3.37. The number of benzene rings is 1. The van der Waals surface area contributed by atoms with E-state index < -0.39 is 35.5 Å². The Labute approximate surface area is 153 Å². The van der Waals surface area contributed by atoms with Crippen LogP contribution >= 0.6 is 0 Å². The summed E-state index contributed by atoms with van der Waals surface area (Å²) in [4.78, 5) is 51.7. The van der Waals surface area contributed by atoms with Crippen molar-refractivity contribution in [3.05, 3.63) is 65.8 Å². The first-order chi connectivity index (χ1) is 13.0. The molecular formula is C19H14FN3O4. The van der Waals surface area contributed by atoms with Crippen LogP contribution in [0.4, 0.5) is 10.1 Å². The molecule has 1 saturated heterocycles. The van der Waals surface area contributed by atoms with Crippen molar-refractivity contribution in [1.82, 2.24) is 10.2 Å². The van der Waals surface area contributed by atoms with E-state index in [1.807, 2.05) is 0 Å². The maximum Gasteiger partial charge on any atom is 0.264 e. The van der Waals surface area contributed by atoms with Crippen LogP contribution in [0.5, 0.6) is 0 Å². The highest BCUT2D eigenvalue weighted by Crippen LogP contribution is 2.35. The van der Waals surface area contributed by atoms with Crippen LogP contribution in [0.1, 0.15) is 33.6 Å². The molecular weight excluding hydrogens is 353 g/mol. The number of piperidine rings is 1.